The minimum absolute atomic E-state index is 0.112. The van der Waals surface area contributed by atoms with Crippen molar-refractivity contribution in [1.29, 1.82) is 5.26 Å². The van der Waals surface area contributed by atoms with Gasteiger partial charge in [0.1, 0.15) is 5.41 Å². The van der Waals surface area contributed by atoms with Gasteiger partial charge in [-0.1, -0.05) is 88.2 Å². The Morgan fingerprint density at radius 3 is 2.18 bits per heavy atom. The fourth-order valence-corrected chi connectivity index (χ4v) is 5.61. The van der Waals surface area contributed by atoms with Crippen LogP contribution in [0.5, 0.6) is 0 Å². The summed E-state index contributed by atoms with van der Waals surface area (Å²) < 4.78 is 12.4. The van der Waals surface area contributed by atoms with E-state index in [4.69, 9.17) is 9.47 Å². The second-order valence-corrected chi connectivity index (χ2v) is 9.66. The Balaban J connectivity index is 1.62. The third-order valence-corrected chi connectivity index (χ3v) is 7.07. The summed E-state index contributed by atoms with van der Waals surface area (Å²) >= 11 is 3.74. The van der Waals surface area contributed by atoms with Gasteiger partial charge in [-0.2, -0.15) is 5.26 Å². The number of hydrogen-bond acceptors (Lipinski definition) is 4. The zero-order valence-corrected chi connectivity index (χ0v) is 21.6. The van der Waals surface area contributed by atoms with E-state index >= 15 is 0 Å². The first-order valence-corrected chi connectivity index (χ1v) is 12.6. The minimum atomic E-state index is -0.569. The van der Waals surface area contributed by atoms with Crippen LogP contribution in [0.2, 0.25) is 0 Å². The molecule has 0 spiro atoms. The molecule has 0 radical (unpaired) electrons. The van der Waals surface area contributed by atoms with E-state index in [0.717, 1.165) is 15.6 Å². The fourth-order valence-electron chi connectivity index (χ4n) is 4.83. The van der Waals surface area contributed by atoms with Crippen LogP contribution in [0.1, 0.15) is 54.0 Å². The highest BCUT2D eigenvalue weighted by molar-refractivity contribution is 9.10. The lowest BCUT2D eigenvalue weighted by atomic mass is 9.73. The van der Waals surface area contributed by atoms with Crippen LogP contribution in [-0.2, 0) is 14.9 Å². The van der Waals surface area contributed by atoms with Crippen LogP contribution in [-0.4, -0.2) is 31.2 Å². The lowest BCUT2D eigenvalue weighted by molar-refractivity contribution is -0.140. The third kappa shape index (κ3) is 4.96. The van der Waals surface area contributed by atoms with Crippen LogP contribution in [0, 0.1) is 18.3 Å². The molecule has 1 heterocycles. The van der Waals surface area contributed by atoms with Crippen molar-refractivity contribution in [2.45, 2.75) is 38.5 Å². The van der Waals surface area contributed by atoms with Crippen molar-refractivity contribution < 1.29 is 9.47 Å². The normalized spacial score (nSPS) is 16.1. The first kappa shape index (κ1) is 24.6. The molecule has 4 rings (SSSR count). The molecule has 0 amide bonds. The van der Waals surface area contributed by atoms with Gasteiger partial charge in [-0.05, 0) is 43.5 Å². The number of rotatable bonds is 9. The SMILES string of the molecule is CCOC(OCC)c1ccc(C2(C#N)CN(C(c3ccccc3)c3cccc(C)c3)C2)c(Br)c1. The summed E-state index contributed by atoms with van der Waals surface area (Å²) in [5.74, 6) is 0. The fraction of sp³-hybridized carbons (Fsp3) is 0.345. The van der Waals surface area contributed by atoms with Crippen LogP contribution >= 0.6 is 15.9 Å². The molecule has 0 aromatic heterocycles. The number of aryl methyl sites for hydroxylation is 1. The average Bonchev–Trinajstić information content (AvgIpc) is 2.82. The van der Waals surface area contributed by atoms with E-state index in [0.29, 0.717) is 26.3 Å². The largest absolute Gasteiger partial charge is 0.349 e. The Bertz CT molecular complexity index is 1150. The number of benzene rings is 3. The Morgan fingerprint density at radius 1 is 0.912 bits per heavy atom. The number of ether oxygens (including phenoxy) is 2. The second-order valence-electron chi connectivity index (χ2n) is 8.81. The molecule has 0 N–H and O–H groups in total. The maximum Gasteiger partial charge on any atom is 0.183 e. The van der Waals surface area contributed by atoms with Gasteiger partial charge in [0.2, 0.25) is 0 Å². The molecule has 34 heavy (non-hydrogen) atoms. The van der Waals surface area contributed by atoms with Crippen LogP contribution in [0.25, 0.3) is 0 Å². The molecule has 3 aromatic rings. The molecule has 0 bridgehead atoms. The van der Waals surface area contributed by atoms with Gasteiger partial charge in [-0.25, -0.2) is 0 Å². The molecule has 3 aromatic carbocycles. The maximum atomic E-state index is 10.3. The molecule has 176 valence electrons. The molecular weight excluding hydrogens is 488 g/mol. The first-order chi connectivity index (χ1) is 16.5. The molecular formula is C29H31BrN2O2. The molecule has 0 saturated carbocycles. The summed E-state index contributed by atoms with van der Waals surface area (Å²) in [6.07, 6.45) is -0.403. The van der Waals surface area contributed by atoms with Crippen LogP contribution in [0.4, 0.5) is 0 Å². The second kappa shape index (κ2) is 10.8. The zero-order valence-electron chi connectivity index (χ0n) is 20.0. The molecule has 0 aliphatic carbocycles. The van der Waals surface area contributed by atoms with Gasteiger partial charge in [-0.3, -0.25) is 4.90 Å². The van der Waals surface area contributed by atoms with Gasteiger partial charge in [-0.15, -0.1) is 0 Å². The molecule has 5 heteroatoms. The quantitative estimate of drug-likeness (QED) is 0.296. The number of nitrogens with zero attached hydrogens (tertiary/aromatic N) is 2. The Morgan fingerprint density at radius 2 is 1.59 bits per heavy atom. The van der Waals surface area contributed by atoms with E-state index in [9.17, 15) is 5.26 Å². The van der Waals surface area contributed by atoms with Crippen molar-refractivity contribution in [3.8, 4) is 6.07 Å². The predicted molar refractivity (Wildman–Crippen MR) is 138 cm³/mol. The van der Waals surface area contributed by atoms with Crippen molar-refractivity contribution in [2.75, 3.05) is 26.3 Å². The topological polar surface area (TPSA) is 45.5 Å². The standard InChI is InChI=1S/C29H31BrN2O2/c1-4-33-28(34-5-2)24-14-15-25(26(30)17-24)29(18-31)19-32(20-29)27(22-11-7-6-8-12-22)23-13-9-10-21(3)16-23/h6-17,27-28H,4-5,19-20H2,1-3H3. The van der Waals surface area contributed by atoms with Gasteiger partial charge in [0, 0.05) is 36.3 Å². The van der Waals surface area contributed by atoms with Crippen molar-refractivity contribution in [3.05, 3.63) is 105 Å². The molecule has 1 atom stereocenters. The zero-order chi connectivity index (χ0) is 24.1. The summed E-state index contributed by atoms with van der Waals surface area (Å²) in [5.41, 5.74) is 5.13. The average molecular weight is 519 g/mol. The van der Waals surface area contributed by atoms with Crippen LogP contribution in [0.3, 0.4) is 0 Å². The van der Waals surface area contributed by atoms with Crippen LogP contribution in [0.15, 0.2) is 77.3 Å². The van der Waals surface area contributed by atoms with Crippen molar-refractivity contribution in [2.24, 2.45) is 0 Å². The molecule has 1 aliphatic heterocycles. The van der Waals surface area contributed by atoms with E-state index in [-0.39, 0.29) is 6.04 Å². The van der Waals surface area contributed by atoms with E-state index in [1.165, 1.54) is 16.7 Å². The van der Waals surface area contributed by atoms with Gasteiger partial charge in [0.05, 0.1) is 12.1 Å². The Hall–Kier alpha value is -2.49. The van der Waals surface area contributed by atoms with Crippen LogP contribution < -0.4 is 0 Å². The lowest BCUT2D eigenvalue weighted by Crippen LogP contribution is -2.59. The highest BCUT2D eigenvalue weighted by Gasteiger charge is 2.49. The summed E-state index contributed by atoms with van der Waals surface area (Å²) in [5, 5.41) is 10.3. The first-order valence-electron chi connectivity index (χ1n) is 11.8. The van der Waals surface area contributed by atoms with Crippen molar-refractivity contribution in [1.82, 2.24) is 4.90 Å². The molecule has 1 fully saturated rings. The van der Waals surface area contributed by atoms with Gasteiger partial charge < -0.3 is 9.47 Å². The van der Waals surface area contributed by atoms with E-state index in [2.05, 4.69) is 88.4 Å². The van der Waals surface area contributed by atoms with E-state index in [1.807, 2.05) is 32.0 Å². The summed E-state index contributed by atoms with van der Waals surface area (Å²) in [7, 11) is 0. The summed E-state index contributed by atoms with van der Waals surface area (Å²) in [4.78, 5) is 2.40. The van der Waals surface area contributed by atoms with E-state index < -0.39 is 11.7 Å². The predicted octanol–water partition coefficient (Wildman–Crippen LogP) is 6.70. The van der Waals surface area contributed by atoms with Crippen molar-refractivity contribution in [3.63, 3.8) is 0 Å². The van der Waals surface area contributed by atoms with E-state index in [1.54, 1.807) is 0 Å². The highest BCUT2D eigenvalue weighted by atomic mass is 79.9. The van der Waals surface area contributed by atoms with Gasteiger partial charge in [0.15, 0.2) is 6.29 Å². The minimum Gasteiger partial charge on any atom is -0.349 e. The molecule has 1 saturated heterocycles. The Labute approximate surface area is 211 Å². The molecule has 4 nitrogen and oxygen atoms in total. The number of hydrogen-bond donors (Lipinski definition) is 0. The molecule has 1 aliphatic rings. The number of nitriles is 1. The lowest BCUT2D eigenvalue weighted by Gasteiger charge is -2.50. The van der Waals surface area contributed by atoms with Gasteiger partial charge in [0.25, 0.3) is 0 Å². The van der Waals surface area contributed by atoms with Crippen molar-refractivity contribution >= 4 is 15.9 Å². The highest BCUT2D eigenvalue weighted by Crippen LogP contribution is 2.44. The maximum absolute atomic E-state index is 10.3. The smallest absolute Gasteiger partial charge is 0.183 e. The monoisotopic (exact) mass is 518 g/mol. The summed E-state index contributed by atoms with van der Waals surface area (Å²) in [6.45, 7) is 8.51. The third-order valence-electron chi connectivity index (χ3n) is 6.42. The number of likely N-dealkylation sites (tertiary alicyclic amines) is 1. The summed E-state index contributed by atoms with van der Waals surface area (Å²) in [6, 6.07) is 28.1. The van der Waals surface area contributed by atoms with Gasteiger partial charge >= 0.3 is 0 Å². The number of halogens is 1. The molecule has 1 unspecified atom stereocenters. The Kier molecular flexibility index (Phi) is 7.85.